The van der Waals surface area contributed by atoms with Gasteiger partial charge in [0, 0.05) is 4.91 Å². The molecule has 0 amide bonds. The van der Waals surface area contributed by atoms with Gasteiger partial charge in [-0.2, -0.15) is 0 Å². The first-order chi connectivity index (χ1) is 8.71. The van der Waals surface area contributed by atoms with E-state index in [4.69, 9.17) is 19.7 Å². The zero-order chi connectivity index (χ0) is 13.5. The topological polar surface area (TPSA) is 96.7 Å². The highest BCUT2D eigenvalue weighted by Crippen LogP contribution is 2.40. The van der Waals surface area contributed by atoms with E-state index in [1.807, 2.05) is 0 Å². The summed E-state index contributed by atoms with van der Waals surface area (Å²) in [5, 5.41) is 12.7. The lowest BCUT2D eigenvalue weighted by molar-refractivity contribution is 0.266. The van der Waals surface area contributed by atoms with E-state index in [1.165, 1.54) is 21.3 Å². The minimum absolute atomic E-state index is 0.303. The molecule has 0 aromatic heterocycles. The highest BCUT2D eigenvalue weighted by Gasteiger charge is 2.17. The van der Waals surface area contributed by atoms with Crippen molar-refractivity contribution in [2.45, 2.75) is 6.04 Å². The Balaban J connectivity index is 3.33. The Morgan fingerprint density at radius 1 is 1.22 bits per heavy atom. The van der Waals surface area contributed by atoms with Crippen LogP contribution in [0, 0.1) is 0 Å². The molecule has 1 rings (SSSR count). The molecule has 7 heteroatoms. The van der Waals surface area contributed by atoms with Crippen molar-refractivity contribution in [3.63, 3.8) is 0 Å². The van der Waals surface area contributed by atoms with Crippen molar-refractivity contribution >= 4 is 0 Å². The lowest BCUT2D eigenvalue weighted by Crippen LogP contribution is -2.03. The molecule has 1 aromatic carbocycles. The van der Waals surface area contributed by atoms with Gasteiger partial charge < -0.3 is 19.3 Å². The fraction of sp³-hybridized carbons (Fsp3) is 0.455. The van der Waals surface area contributed by atoms with E-state index < -0.39 is 6.04 Å². The largest absolute Gasteiger partial charge is 0.493 e. The van der Waals surface area contributed by atoms with Gasteiger partial charge in [-0.05, 0) is 23.2 Å². The van der Waals surface area contributed by atoms with Crippen LogP contribution >= 0.6 is 0 Å². The van der Waals surface area contributed by atoms with Gasteiger partial charge in [-0.15, -0.1) is 0 Å². The Morgan fingerprint density at radius 2 is 1.78 bits per heavy atom. The van der Waals surface area contributed by atoms with E-state index in [2.05, 4.69) is 10.0 Å². The van der Waals surface area contributed by atoms with E-state index in [9.17, 15) is 5.11 Å². The summed E-state index contributed by atoms with van der Waals surface area (Å²) < 4.78 is 15.5. The van der Waals surface area contributed by atoms with Crippen molar-refractivity contribution in [1.29, 1.82) is 0 Å². The van der Waals surface area contributed by atoms with Crippen LogP contribution in [-0.2, 0) is 0 Å². The third-order valence-corrected chi connectivity index (χ3v) is 2.44. The van der Waals surface area contributed by atoms with Crippen molar-refractivity contribution in [3.8, 4) is 17.2 Å². The highest BCUT2D eigenvalue weighted by molar-refractivity contribution is 5.54. The molecule has 0 saturated heterocycles. The number of aliphatic hydroxyl groups excluding tert-OH is 1. The number of azide groups is 1. The number of hydrogen-bond acceptors (Lipinski definition) is 5. The summed E-state index contributed by atoms with van der Waals surface area (Å²) in [5.74, 6) is 1.33. The molecule has 0 aliphatic carbocycles. The van der Waals surface area contributed by atoms with Crippen molar-refractivity contribution in [2.75, 3.05) is 27.9 Å². The molecule has 1 N–H and O–H groups in total. The van der Waals surface area contributed by atoms with E-state index in [-0.39, 0.29) is 6.61 Å². The third kappa shape index (κ3) is 2.77. The van der Waals surface area contributed by atoms with Crippen LogP contribution in [-0.4, -0.2) is 33.0 Å². The maximum atomic E-state index is 9.19. The Hall–Kier alpha value is -2.11. The van der Waals surface area contributed by atoms with Gasteiger partial charge >= 0.3 is 0 Å². The molecule has 0 fully saturated rings. The summed E-state index contributed by atoms with van der Waals surface area (Å²) in [4.78, 5) is 2.69. The fourth-order valence-corrected chi connectivity index (χ4v) is 1.56. The Bertz CT molecular complexity index is 433. The van der Waals surface area contributed by atoms with Crippen LogP contribution < -0.4 is 14.2 Å². The van der Waals surface area contributed by atoms with Crippen molar-refractivity contribution in [1.82, 2.24) is 0 Å². The van der Waals surface area contributed by atoms with Gasteiger partial charge in [0.1, 0.15) is 0 Å². The lowest BCUT2D eigenvalue weighted by Gasteiger charge is -2.16. The molecule has 1 atom stereocenters. The first-order valence-corrected chi connectivity index (χ1v) is 5.16. The summed E-state index contributed by atoms with van der Waals surface area (Å²) in [5.41, 5.74) is 9.03. The molecular weight excluding hydrogens is 238 g/mol. The number of aliphatic hydroxyl groups is 1. The number of nitrogens with zero attached hydrogens (tertiary/aromatic N) is 3. The molecule has 7 nitrogen and oxygen atoms in total. The first kappa shape index (κ1) is 14.0. The summed E-state index contributed by atoms with van der Waals surface area (Å²) >= 11 is 0. The van der Waals surface area contributed by atoms with Gasteiger partial charge in [-0.3, -0.25) is 0 Å². The summed E-state index contributed by atoms with van der Waals surface area (Å²) in [6.07, 6.45) is 0. The maximum absolute atomic E-state index is 9.19. The minimum atomic E-state index is -0.691. The maximum Gasteiger partial charge on any atom is 0.203 e. The quantitative estimate of drug-likeness (QED) is 0.476. The molecule has 0 aliphatic heterocycles. The first-order valence-electron chi connectivity index (χ1n) is 5.16. The predicted molar refractivity (Wildman–Crippen MR) is 65.1 cm³/mol. The Labute approximate surface area is 105 Å². The van der Waals surface area contributed by atoms with Crippen molar-refractivity contribution in [3.05, 3.63) is 28.1 Å². The molecule has 0 aliphatic rings. The molecule has 0 radical (unpaired) electrons. The summed E-state index contributed by atoms with van der Waals surface area (Å²) in [7, 11) is 4.47. The van der Waals surface area contributed by atoms with E-state index in [0.29, 0.717) is 22.8 Å². The normalized spacial score (nSPS) is 11.3. The average molecular weight is 253 g/mol. The SMILES string of the molecule is COc1cc([C@H](CO)N=[N+]=[N-])cc(OC)c1OC. The zero-order valence-electron chi connectivity index (χ0n) is 10.5. The highest BCUT2D eigenvalue weighted by atomic mass is 16.5. The molecular formula is C11H15N3O4. The Kier molecular flexibility index (Phi) is 5.10. The molecule has 0 saturated carbocycles. The van der Waals surface area contributed by atoms with Crippen LogP contribution in [0.2, 0.25) is 0 Å². The van der Waals surface area contributed by atoms with Crippen molar-refractivity contribution < 1.29 is 19.3 Å². The second kappa shape index (κ2) is 6.58. The Morgan fingerprint density at radius 3 is 2.11 bits per heavy atom. The zero-order valence-corrected chi connectivity index (χ0v) is 10.5. The monoisotopic (exact) mass is 253 g/mol. The number of rotatable bonds is 6. The van der Waals surface area contributed by atoms with Gasteiger partial charge in [-0.1, -0.05) is 5.11 Å². The van der Waals surface area contributed by atoms with Gasteiger partial charge in [0.05, 0.1) is 34.0 Å². The van der Waals surface area contributed by atoms with Crippen LogP contribution in [0.1, 0.15) is 11.6 Å². The van der Waals surface area contributed by atoms with Gasteiger partial charge in [-0.25, -0.2) is 0 Å². The van der Waals surface area contributed by atoms with Crippen LogP contribution in [0.25, 0.3) is 10.4 Å². The summed E-state index contributed by atoms with van der Waals surface area (Å²) in [6.45, 7) is -0.303. The van der Waals surface area contributed by atoms with Crippen LogP contribution in [0.15, 0.2) is 17.2 Å². The van der Waals surface area contributed by atoms with Crippen molar-refractivity contribution in [2.24, 2.45) is 5.11 Å². The van der Waals surface area contributed by atoms with Gasteiger partial charge in [0.15, 0.2) is 11.5 Å². The van der Waals surface area contributed by atoms with Gasteiger partial charge in [0.25, 0.3) is 0 Å². The fourth-order valence-electron chi connectivity index (χ4n) is 1.56. The number of hydrogen-bond donors (Lipinski definition) is 1. The van der Waals surface area contributed by atoms with Crippen LogP contribution in [0.3, 0.4) is 0 Å². The molecule has 0 unspecified atom stereocenters. The second-order valence-corrected chi connectivity index (χ2v) is 3.36. The molecule has 18 heavy (non-hydrogen) atoms. The van der Waals surface area contributed by atoms with E-state index in [0.717, 1.165) is 0 Å². The minimum Gasteiger partial charge on any atom is -0.493 e. The smallest absolute Gasteiger partial charge is 0.203 e. The standard InChI is InChI=1S/C11H15N3O4/c1-16-9-4-7(8(6-15)13-14-12)5-10(17-2)11(9)18-3/h4-5,8,15H,6H2,1-3H3/t8-/m0/s1. The average Bonchev–Trinajstić information content (AvgIpc) is 2.42. The molecule has 1 aromatic rings. The molecule has 98 valence electrons. The molecule has 0 spiro atoms. The second-order valence-electron chi connectivity index (χ2n) is 3.36. The molecule has 0 bridgehead atoms. The summed E-state index contributed by atoms with van der Waals surface area (Å²) in [6, 6.07) is 2.58. The molecule has 0 heterocycles. The van der Waals surface area contributed by atoms with Crippen LogP contribution in [0.5, 0.6) is 17.2 Å². The van der Waals surface area contributed by atoms with E-state index >= 15 is 0 Å². The predicted octanol–water partition coefficient (Wildman–Crippen LogP) is 2.06. The number of benzene rings is 1. The lowest BCUT2D eigenvalue weighted by atomic mass is 10.1. The number of methoxy groups -OCH3 is 3. The third-order valence-electron chi connectivity index (χ3n) is 2.44. The van der Waals surface area contributed by atoms with Gasteiger partial charge in [0.2, 0.25) is 5.75 Å². The van der Waals surface area contributed by atoms with E-state index in [1.54, 1.807) is 12.1 Å². The van der Waals surface area contributed by atoms with Crippen LogP contribution in [0.4, 0.5) is 0 Å². The number of ether oxygens (including phenoxy) is 3.